The summed E-state index contributed by atoms with van der Waals surface area (Å²) in [6.07, 6.45) is 3.90. The SMILES string of the molecule is Cc1nc([C@@H]2CCCN(c3ncccc3C#N)C2)cc(N2CCOCC2)n1. The first-order valence-corrected chi connectivity index (χ1v) is 9.53. The van der Waals surface area contributed by atoms with Gasteiger partial charge in [-0.3, -0.25) is 0 Å². The topological polar surface area (TPSA) is 78.2 Å². The summed E-state index contributed by atoms with van der Waals surface area (Å²) in [5.74, 6) is 2.90. The van der Waals surface area contributed by atoms with Crippen LogP contribution < -0.4 is 9.80 Å². The Hall–Kier alpha value is -2.72. The van der Waals surface area contributed by atoms with Crippen LogP contribution in [-0.4, -0.2) is 54.3 Å². The summed E-state index contributed by atoms with van der Waals surface area (Å²) in [5, 5.41) is 9.40. The molecule has 2 aromatic heterocycles. The zero-order valence-corrected chi connectivity index (χ0v) is 15.6. The van der Waals surface area contributed by atoms with Gasteiger partial charge in [0.1, 0.15) is 23.5 Å². The minimum absolute atomic E-state index is 0.314. The van der Waals surface area contributed by atoms with Crippen LogP contribution in [0.25, 0.3) is 0 Å². The van der Waals surface area contributed by atoms with Gasteiger partial charge in [0.05, 0.1) is 24.5 Å². The standard InChI is InChI=1S/C20H24N6O/c1-15-23-18(12-19(24-15)25-8-10-27-11-9-25)17-5-3-7-26(14-17)20-16(13-21)4-2-6-22-20/h2,4,6,12,17H,3,5,7-11,14H2,1H3/t17-/m1/s1. The molecule has 0 aliphatic carbocycles. The first-order chi connectivity index (χ1) is 13.2. The molecule has 0 N–H and O–H groups in total. The second-order valence-corrected chi connectivity index (χ2v) is 7.07. The average Bonchev–Trinajstić information content (AvgIpc) is 2.74. The van der Waals surface area contributed by atoms with E-state index in [2.05, 4.69) is 31.9 Å². The van der Waals surface area contributed by atoms with E-state index in [1.165, 1.54) is 0 Å². The van der Waals surface area contributed by atoms with Crippen molar-refractivity contribution in [1.82, 2.24) is 15.0 Å². The number of morpholine rings is 1. The molecule has 0 amide bonds. The third-order valence-corrected chi connectivity index (χ3v) is 5.23. The third-order valence-electron chi connectivity index (χ3n) is 5.23. The lowest BCUT2D eigenvalue weighted by Gasteiger charge is -2.34. The molecule has 27 heavy (non-hydrogen) atoms. The Morgan fingerprint density at radius 1 is 1.19 bits per heavy atom. The molecule has 7 heteroatoms. The Labute approximate surface area is 159 Å². The van der Waals surface area contributed by atoms with Crippen molar-refractivity contribution in [2.75, 3.05) is 49.2 Å². The molecule has 0 aromatic carbocycles. The molecule has 2 aliphatic rings. The maximum absolute atomic E-state index is 9.40. The van der Waals surface area contributed by atoms with Crippen LogP contribution in [0.5, 0.6) is 0 Å². The zero-order chi connectivity index (χ0) is 18.6. The summed E-state index contributed by atoms with van der Waals surface area (Å²) in [7, 11) is 0. The Morgan fingerprint density at radius 3 is 2.85 bits per heavy atom. The molecular formula is C20H24N6O. The van der Waals surface area contributed by atoms with Gasteiger partial charge in [-0.05, 0) is 31.9 Å². The highest BCUT2D eigenvalue weighted by Gasteiger charge is 2.26. The van der Waals surface area contributed by atoms with E-state index in [1.807, 2.05) is 19.1 Å². The number of pyridine rings is 1. The van der Waals surface area contributed by atoms with Gasteiger partial charge in [0.2, 0.25) is 0 Å². The molecule has 2 saturated heterocycles. The number of ether oxygens (including phenoxy) is 1. The Kier molecular flexibility index (Phi) is 5.16. The van der Waals surface area contributed by atoms with Gasteiger partial charge >= 0.3 is 0 Å². The van der Waals surface area contributed by atoms with E-state index in [1.54, 1.807) is 6.20 Å². The lowest BCUT2D eigenvalue weighted by molar-refractivity contribution is 0.122. The van der Waals surface area contributed by atoms with E-state index in [4.69, 9.17) is 9.72 Å². The highest BCUT2D eigenvalue weighted by Crippen LogP contribution is 2.31. The molecule has 0 spiro atoms. The van der Waals surface area contributed by atoms with E-state index < -0.39 is 0 Å². The summed E-state index contributed by atoms with van der Waals surface area (Å²) < 4.78 is 5.46. The van der Waals surface area contributed by atoms with Crippen molar-refractivity contribution >= 4 is 11.6 Å². The van der Waals surface area contributed by atoms with Crippen LogP contribution in [0, 0.1) is 18.3 Å². The molecule has 4 rings (SSSR count). The van der Waals surface area contributed by atoms with Gasteiger partial charge in [0.25, 0.3) is 0 Å². The molecule has 0 radical (unpaired) electrons. The van der Waals surface area contributed by atoms with Crippen LogP contribution >= 0.6 is 0 Å². The van der Waals surface area contributed by atoms with Crippen molar-refractivity contribution in [1.29, 1.82) is 5.26 Å². The molecule has 1 atom stereocenters. The molecule has 7 nitrogen and oxygen atoms in total. The molecule has 2 fully saturated rings. The summed E-state index contributed by atoms with van der Waals surface area (Å²) in [6, 6.07) is 8.04. The van der Waals surface area contributed by atoms with Gasteiger partial charge in [-0.15, -0.1) is 0 Å². The molecular weight excluding hydrogens is 340 g/mol. The largest absolute Gasteiger partial charge is 0.378 e. The van der Waals surface area contributed by atoms with Crippen LogP contribution in [0.3, 0.4) is 0 Å². The molecule has 2 aromatic rings. The number of rotatable bonds is 3. The molecule has 140 valence electrons. The van der Waals surface area contributed by atoms with Crippen LogP contribution in [-0.2, 0) is 4.74 Å². The van der Waals surface area contributed by atoms with E-state index in [0.717, 1.165) is 75.4 Å². The lowest BCUT2D eigenvalue weighted by atomic mass is 9.94. The van der Waals surface area contributed by atoms with Crippen LogP contribution in [0.4, 0.5) is 11.6 Å². The van der Waals surface area contributed by atoms with Crippen molar-refractivity contribution in [3.63, 3.8) is 0 Å². The maximum Gasteiger partial charge on any atom is 0.146 e. The molecule has 0 bridgehead atoms. The van der Waals surface area contributed by atoms with Crippen molar-refractivity contribution < 1.29 is 4.74 Å². The normalized spacial score (nSPS) is 20.4. The fourth-order valence-electron chi connectivity index (χ4n) is 3.89. The predicted molar refractivity (Wildman–Crippen MR) is 103 cm³/mol. The van der Waals surface area contributed by atoms with Gasteiger partial charge in [0, 0.05) is 44.4 Å². The molecule has 2 aliphatic heterocycles. The van der Waals surface area contributed by atoms with Gasteiger partial charge in [-0.1, -0.05) is 0 Å². The fraction of sp³-hybridized carbons (Fsp3) is 0.500. The number of hydrogen-bond donors (Lipinski definition) is 0. The smallest absolute Gasteiger partial charge is 0.146 e. The van der Waals surface area contributed by atoms with Gasteiger partial charge in [-0.25, -0.2) is 15.0 Å². The Morgan fingerprint density at radius 2 is 2.04 bits per heavy atom. The zero-order valence-electron chi connectivity index (χ0n) is 15.6. The van der Waals surface area contributed by atoms with E-state index in [-0.39, 0.29) is 0 Å². The van der Waals surface area contributed by atoms with Crippen LogP contribution in [0.1, 0.15) is 35.8 Å². The van der Waals surface area contributed by atoms with Crippen molar-refractivity contribution in [2.24, 2.45) is 0 Å². The van der Waals surface area contributed by atoms with E-state index in [9.17, 15) is 5.26 Å². The minimum atomic E-state index is 0.314. The summed E-state index contributed by atoms with van der Waals surface area (Å²) in [4.78, 5) is 18.3. The molecule has 0 unspecified atom stereocenters. The molecule has 4 heterocycles. The number of hydrogen-bond acceptors (Lipinski definition) is 7. The quantitative estimate of drug-likeness (QED) is 0.827. The van der Waals surface area contributed by atoms with Gasteiger partial charge in [0.15, 0.2) is 0 Å². The number of nitriles is 1. The van der Waals surface area contributed by atoms with Crippen molar-refractivity contribution in [3.05, 3.63) is 41.5 Å². The molecule has 0 saturated carbocycles. The number of anilines is 2. The monoisotopic (exact) mass is 364 g/mol. The summed E-state index contributed by atoms with van der Waals surface area (Å²) in [6.45, 7) is 6.92. The average molecular weight is 364 g/mol. The minimum Gasteiger partial charge on any atom is -0.378 e. The third kappa shape index (κ3) is 3.86. The number of piperidine rings is 1. The first kappa shape index (κ1) is 17.7. The predicted octanol–water partition coefficient (Wildman–Crippen LogP) is 2.27. The van der Waals surface area contributed by atoms with E-state index >= 15 is 0 Å². The van der Waals surface area contributed by atoms with Crippen molar-refractivity contribution in [2.45, 2.75) is 25.7 Å². The van der Waals surface area contributed by atoms with Crippen molar-refractivity contribution in [3.8, 4) is 6.07 Å². The van der Waals surface area contributed by atoms with Crippen LogP contribution in [0.15, 0.2) is 24.4 Å². The summed E-state index contributed by atoms with van der Waals surface area (Å²) >= 11 is 0. The maximum atomic E-state index is 9.40. The highest BCUT2D eigenvalue weighted by atomic mass is 16.5. The second kappa shape index (κ2) is 7.89. The summed E-state index contributed by atoms with van der Waals surface area (Å²) in [5.41, 5.74) is 1.72. The van der Waals surface area contributed by atoms with E-state index in [0.29, 0.717) is 11.5 Å². The number of aromatic nitrogens is 3. The lowest BCUT2D eigenvalue weighted by Crippen LogP contribution is -2.38. The Bertz CT molecular complexity index is 843. The fourth-order valence-corrected chi connectivity index (χ4v) is 3.89. The number of aryl methyl sites for hydroxylation is 1. The number of nitrogens with zero attached hydrogens (tertiary/aromatic N) is 6. The van der Waals surface area contributed by atoms with Gasteiger partial charge in [-0.2, -0.15) is 5.26 Å². The highest BCUT2D eigenvalue weighted by molar-refractivity contribution is 5.54. The van der Waals surface area contributed by atoms with Gasteiger partial charge < -0.3 is 14.5 Å². The first-order valence-electron chi connectivity index (χ1n) is 9.53. The Balaban J connectivity index is 1.58. The van der Waals surface area contributed by atoms with Crippen LogP contribution in [0.2, 0.25) is 0 Å². The second-order valence-electron chi connectivity index (χ2n) is 7.07.